The maximum absolute atomic E-state index is 12.4. The van der Waals surface area contributed by atoms with Crippen molar-refractivity contribution in [1.82, 2.24) is 10.2 Å². The summed E-state index contributed by atoms with van der Waals surface area (Å²) in [4.78, 5) is 13.3. The first-order valence-corrected chi connectivity index (χ1v) is 11.8. The molecule has 2 aromatic carbocycles. The largest absolute Gasteiger partial charge is 0.326 e. The number of halogens is 1. The lowest BCUT2D eigenvalue weighted by Gasteiger charge is -2.09. The molecule has 0 aliphatic heterocycles. The quantitative estimate of drug-likeness (QED) is 0.482. The Labute approximate surface area is 184 Å². The molecular weight excluding hydrogens is 444 g/mol. The van der Waals surface area contributed by atoms with Crippen LogP contribution in [0.5, 0.6) is 0 Å². The molecule has 0 unspecified atom stereocenters. The Bertz CT molecular complexity index is 1100. The van der Waals surface area contributed by atoms with Gasteiger partial charge in [0.15, 0.2) is 11.0 Å². The van der Waals surface area contributed by atoms with Gasteiger partial charge in [0.2, 0.25) is 5.91 Å². The number of hydrogen-bond donors (Lipinski definition) is 2. The van der Waals surface area contributed by atoms with Crippen LogP contribution in [0.25, 0.3) is 0 Å². The summed E-state index contributed by atoms with van der Waals surface area (Å²) < 4.78 is 27.1. The van der Waals surface area contributed by atoms with Gasteiger partial charge in [0, 0.05) is 22.8 Å². The Morgan fingerprint density at radius 1 is 1.00 bits per heavy atom. The molecule has 30 heavy (non-hydrogen) atoms. The Kier molecular flexibility index (Phi) is 7.30. The summed E-state index contributed by atoms with van der Waals surface area (Å²) in [6.07, 6.45) is 0.343. The molecule has 7 nitrogen and oxygen atoms in total. The Morgan fingerprint density at radius 2 is 1.70 bits per heavy atom. The molecule has 1 amide bonds. The number of carbonyl (C=O) groups excluding carboxylic acids is 1. The van der Waals surface area contributed by atoms with Gasteiger partial charge >= 0.3 is 0 Å². The molecule has 0 spiro atoms. The van der Waals surface area contributed by atoms with Crippen LogP contribution >= 0.6 is 23.4 Å². The van der Waals surface area contributed by atoms with Crippen molar-refractivity contribution < 1.29 is 13.2 Å². The van der Waals surface area contributed by atoms with E-state index < -0.39 is 10.0 Å². The van der Waals surface area contributed by atoms with Gasteiger partial charge in [-0.3, -0.25) is 9.52 Å². The second-order valence-electron chi connectivity index (χ2n) is 6.33. The SMILES string of the molecule is Cc1ccc(SCCC(=O)Nc2ccc(S(=O)(=O)Nc3ccc(Cl)nn3)cc2)cc1. The summed E-state index contributed by atoms with van der Waals surface area (Å²) in [6, 6.07) is 16.9. The van der Waals surface area contributed by atoms with Crippen molar-refractivity contribution in [1.29, 1.82) is 0 Å². The van der Waals surface area contributed by atoms with Crippen LogP contribution in [0.15, 0.2) is 70.5 Å². The molecule has 0 aliphatic carbocycles. The zero-order valence-corrected chi connectivity index (χ0v) is 18.4. The predicted octanol–water partition coefficient (Wildman–Crippen LogP) is 4.36. The number of aromatic nitrogens is 2. The summed E-state index contributed by atoms with van der Waals surface area (Å²) in [5.74, 6) is 0.565. The van der Waals surface area contributed by atoms with E-state index in [4.69, 9.17) is 11.6 Å². The number of nitrogens with one attached hydrogen (secondary N) is 2. The second kappa shape index (κ2) is 9.92. The van der Waals surface area contributed by atoms with Gasteiger partial charge in [-0.1, -0.05) is 29.3 Å². The average Bonchev–Trinajstić information content (AvgIpc) is 2.71. The van der Waals surface area contributed by atoms with Crippen LogP contribution in [-0.4, -0.2) is 30.3 Å². The van der Waals surface area contributed by atoms with Crippen molar-refractivity contribution in [3.05, 3.63) is 71.4 Å². The van der Waals surface area contributed by atoms with Crippen LogP contribution in [-0.2, 0) is 14.8 Å². The van der Waals surface area contributed by atoms with Gasteiger partial charge in [-0.15, -0.1) is 22.0 Å². The van der Waals surface area contributed by atoms with E-state index in [0.29, 0.717) is 17.9 Å². The van der Waals surface area contributed by atoms with Gasteiger partial charge in [0.05, 0.1) is 4.90 Å². The standard InChI is InChI=1S/C20H19ClN4O3S2/c1-14-2-6-16(7-3-14)29-13-12-20(26)22-15-4-8-17(9-5-15)30(27,28)25-19-11-10-18(21)23-24-19/h2-11H,12-13H2,1H3,(H,22,26)(H,24,25). The summed E-state index contributed by atoms with van der Waals surface area (Å²) in [5.41, 5.74) is 1.71. The summed E-state index contributed by atoms with van der Waals surface area (Å²) in [7, 11) is -3.83. The monoisotopic (exact) mass is 462 g/mol. The van der Waals surface area contributed by atoms with E-state index in [2.05, 4.69) is 20.2 Å². The number of anilines is 2. The number of amides is 1. The second-order valence-corrected chi connectivity index (χ2v) is 9.57. The Morgan fingerprint density at radius 3 is 2.33 bits per heavy atom. The third-order valence-electron chi connectivity index (χ3n) is 3.94. The van der Waals surface area contributed by atoms with Gasteiger partial charge in [0.1, 0.15) is 0 Å². The maximum Gasteiger partial charge on any atom is 0.263 e. The molecule has 0 atom stereocenters. The predicted molar refractivity (Wildman–Crippen MR) is 119 cm³/mol. The molecule has 0 aliphatic rings. The van der Waals surface area contributed by atoms with Crippen molar-refractivity contribution in [2.75, 3.05) is 15.8 Å². The molecule has 1 aromatic heterocycles. The first-order chi connectivity index (χ1) is 14.3. The van der Waals surface area contributed by atoms with Crippen LogP contribution in [0.4, 0.5) is 11.5 Å². The van der Waals surface area contributed by atoms with E-state index in [0.717, 1.165) is 4.90 Å². The highest BCUT2D eigenvalue weighted by atomic mass is 35.5. The molecule has 0 saturated heterocycles. The minimum Gasteiger partial charge on any atom is -0.326 e. The third-order valence-corrected chi connectivity index (χ3v) is 6.52. The average molecular weight is 463 g/mol. The van der Waals surface area contributed by atoms with Gasteiger partial charge in [0.25, 0.3) is 10.0 Å². The lowest BCUT2D eigenvalue weighted by molar-refractivity contribution is -0.115. The van der Waals surface area contributed by atoms with E-state index in [1.807, 2.05) is 31.2 Å². The topological polar surface area (TPSA) is 101 Å². The third kappa shape index (κ3) is 6.45. The molecule has 0 radical (unpaired) electrons. The number of hydrogen-bond acceptors (Lipinski definition) is 6. The molecule has 10 heteroatoms. The van der Waals surface area contributed by atoms with Gasteiger partial charge in [-0.25, -0.2) is 8.42 Å². The molecule has 0 bridgehead atoms. The zero-order valence-electron chi connectivity index (χ0n) is 16.0. The van der Waals surface area contributed by atoms with E-state index in [-0.39, 0.29) is 21.8 Å². The number of carbonyl (C=O) groups is 1. The molecule has 156 valence electrons. The summed E-state index contributed by atoms with van der Waals surface area (Å²) >= 11 is 7.25. The molecule has 1 heterocycles. The summed E-state index contributed by atoms with van der Waals surface area (Å²) in [5, 5.41) is 10.2. The number of nitrogens with zero attached hydrogens (tertiary/aromatic N) is 2. The van der Waals surface area contributed by atoms with Crippen molar-refractivity contribution in [2.24, 2.45) is 0 Å². The van der Waals surface area contributed by atoms with E-state index in [9.17, 15) is 13.2 Å². The lowest BCUT2D eigenvalue weighted by atomic mass is 10.2. The molecule has 0 saturated carbocycles. The molecular formula is C20H19ClN4O3S2. The lowest BCUT2D eigenvalue weighted by Crippen LogP contribution is -2.15. The zero-order chi connectivity index (χ0) is 21.6. The van der Waals surface area contributed by atoms with Crippen LogP contribution < -0.4 is 10.0 Å². The van der Waals surface area contributed by atoms with Crippen LogP contribution in [0.2, 0.25) is 5.15 Å². The summed E-state index contributed by atoms with van der Waals surface area (Å²) in [6.45, 7) is 2.03. The number of thioether (sulfide) groups is 1. The molecule has 0 fully saturated rings. The van der Waals surface area contributed by atoms with E-state index in [1.54, 1.807) is 11.8 Å². The number of sulfonamides is 1. The van der Waals surface area contributed by atoms with Gasteiger partial charge < -0.3 is 5.32 Å². The minimum atomic E-state index is -3.83. The van der Waals surface area contributed by atoms with Gasteiger partial charge in [-0.05, 0) is 55.5 Å². The van der Waals surface area contributed by atoms with E-state index in [1.165, 1.54) is 42.0 Å². The Hall–Kier alpha value is -2.62. The molecule has 3 rings (SSSR count). The van der Waals surface area contributed by atoms with Crippen molar-refractivity contribution in [3.8, 4) is 0 Å². The number of aryl methyl sites for hydroxylation is 1. The van der Waals surface area contributed by atoms with Crippen molar-refractivity contribution in [3.63, 3.8) is 0 Å². The number of benzene rings is 2. The van der Waals surface area contributed by atoms with Crippen LogP contribution in [0.1, 0.15) is 12.0 Å². The fourth-order valence-corrected chi connectivity index (χ4v) is 4.35. The highest BCUT2D eigenvalue weighted by Gasteiger charge is 2.15. The van der Waals surface area contributed by atoms with Crippen molar-refractivity contribution >= 4 is 50.8 Å². The highest BCUT2D eigenvalue weighted by molar-refractivity contribution is 7.99. The van der Waals surface area contributed by atoms with Gasteiger partial charge in [-0.2, -0.15) is 0 Å². The maximum atomic E-state index is 12.4. The smallest absolute Gasteiger partial charge is 0.263 e. The molecule has 2 N–H and O–H groups in total. The first-order valence-electron chi connectivity index (χ1n) is 8.93. The fraction of sp³-hybridized carbons (Fsp3) is 0.150. The van der Waals surface area contributed by atoms with Crippen molar-refractivity contribution in [2.45, 2.75) is 23.1 Å². The normalized spacial score (nSPS) is 11.1. The number of rotatable bonds is 8. The first kappa shape index (κ1) is 22.1. The highest BCUT2D eigenvalue weighted by Crippen LogP contribution is 2.20. The van der Waals surface area contributed by atoms with Crippen LogP contribution in [0, 0.1) is 6.92 Å². The Balaban J connectivity index is 1.52. The minimum absolute atomic E-state index is 0.0344. The van der Waals surface area contributed by atoms with E-state index >= 15 is 0 Å². The molecule has 3 aromatic rings. The fourth-order valence-electron chi connectivity index (χ4n) is 2.40. The van der Waals surface area contributed by atoms with Crippen LogP contribution in [0.3, 0.4) is 0 Å².